The van der Waals surface area contributed by atoms with E-state index in [-0.39, 0.29) is 29.4 Å². The van der Waals surface area contributed by atoms with Crippen LogP contribution in [-0.4, -0.2) is 66.3 Å². The third-order valence-corrected chi connectivity index (χ3v) is 6.45. The van der Waals surface area contributed by atoms with Crippen LogP contribution in [0.2, 0.25) is 0 Å². The van der Waals surface area contributed by atoms with Crippen molar-refractivity contribution < 1.29 is 27.1 Å². The van der Waals surface area contributed by atoms with Crippen molar-refractivity contribution in [1.82, 2.24) is 45.0 Å². The van der Waals surface area contributed by atoms with Crippen LogP contribution < -0.4 is 10.1 Å². The van der Waals surface area contributed by atoms with Gasteiger partial charge in [-0.05, 0) is 38.1 Å². The zero-order chi connectivity index (χ0) is 28.6. The van der Waals surface area contributed by atoms with E-state index in [0.29, 0.717) is 12.2 Å². The van der Waals surface area contributed by atoms with Gasteiger partial charge >= 0.3 is 6.18 Å². The Morgan fingerprint density at radius 1 is 1.23 bits per heavy atom. The third kappa shape index (κ3) is 5.50. The second-order valence-electron chi connectivity index (χ2n) is 9.40. The molecule has 1 aliphatic heterocycles. The number of hydrogen-bond acceptors (Lipinski definition) is 8. The average Bonchev–Trinajstić information content (AvgIpc) is 3.54. The molecule has 0 spiro atoms. The molecule has 0 atom stereocenters. The normalized spacial score (nSPS) is 13.8. The second-order valence-corrected chi connectivity index (χ2v) is 9.40. The Balaban J connectivity index is 1.41. The predicted molar refractivity (Wildman–Crippen MR) is 132 cm³/mol. The lowest BCUT2D eigenvalue weighted by molar-refractivity contribution is -0.141. The van der Waals surface area contributed by atoms with Gasteiger partial charge in [-0.15, -0.1) is 5.10 Å². The number of fused-ring (bicyclic) bond motifs is 1. The summed E-state index contributed by atoms with van der Waals surface area (Å²) in [6, 6.07) is 2.88. The summed E-state index contributed by atoms with van der Waals surface area (Å²) in [4.78, 5) is 23.8. The summed E-state index contributed by atoms with van der Waals surface area (Å²) in [6.07, 6.45) is 0.0593. The molecule has 1 aromatic carbocycles. The van der Waals surface area contributed by atoms with Gasteiger partial charge in [0, 0.05) is 37.6 Å². The highest BCUT2D eigenvalue weighted by Gasteiger charge is 2.39. The molecular weight excluding hydrogens is 534 g/mol. The molecule has 0 radical (unpaired) electrons. The van der Waals surface area contributed by atoms with Crippen LogP contribution in [0.3, 0.4) is 0 Å². The lowest BCUT2D eigenvalue weighted by atomic mass is 10.1. The molecule has 1 N–H and O–H groups in total. The van der Waals surface area contributed by atoms with Crippen molar-refractivity contribution in [1.29, 1.82) is 0 Å². The molecule has 15 heteroatoms. The maximum absolute atomic E-state index is 15.2. The molecule has 1 amide bonds. The number of carbonyl (C=O) groups excluding carboxylic acids is 1. The first-order valence-electron chi connectivity index (χ1n) is 12.2. The van der Waals surface area contributed by atoms with Gasteiger partial charge in [0.25, 0.3) is 5.91 Å². The first-order chi connectivity index (χ1) is 19.0. The Kier molecular flexibility index (Phi) is 7.23. The molecule has 0 unspecified atom stereocenters. The molecule has 4 heterocycles. The van der Waals surface area contributed by atoms with Gasteiger partial charge in [-0.1, -0.05) is 5.21 Å². The summed E-state index contributed by atoms with van der Waals surface area (Å²) >= 11 is 0. The molecule has 0 fully saturated rings. The standard InChI is InChI=1S/C25H25F4N9O2/c1-14-10-38(35-33-14)19-4-5-20(40-3)22(26)16(19)9-31-24(39)17-11-37(34-23(17)25(27,28)29)13-21-30-8-15-6-7-36(2)12-18(15)32-21/h4-5,8,10-11H,6-7,9,12-13H2,1-3H3,(H,31,39). The van der Waals surface area contributed by atoms with Crippen LogP contribution in [0.4, 0.5) is 17.6 Å². The van der Waals surface area contributed by atoms with Crippen molar-refractivity contribution in [3.8, 4) is 11.4 Å². The SMILES string of the molecule is COc1ccc(-n2cc(C)nn2)c(CNC(=O)c2cn(Cc3ncc4c(n3)CN(C)CC4)nc2C(F)(F)F)c1F. The number of amides is 1. The maximum Gasteiger partial charge on any atom is 0.435 e. The number of nitrogens with one attached hydrogen (secondary N) is 1. The minimum atomic E-state index is -4.91. The highest BCUT2D eigenvalue weighted by molar-refractivity contribution is 5.95. The molecule has 0 aliphatic carbocycles. The number of likely N-dealkylation sites (N-methyl/N-ethyl adjacent to an activating group) is 1. The summed E-state index contributed by atoms with van der Waals surface area (Å²) < 4.78 is 64.1. The van der Waals surface area contributed by atoms with E-state index in [1.807, 2.05) is 7.05 Å². The molecule has 1 aliphatic rings. The molecule has 0 saturated carbocycles. The van der Waals surface area contributed by atoms with Crippen molar-refractivity contribution >= 4 is 5.91 Å². The summed E-state index contributed by atoms with van der Waals surface area (Å²) in [5.74, 6) is -1.72. The van der Waals surface area contributed by atoms with Gasteiger partial charge in [0.2, 0.25) is 0 Å². The Hall–Kier alpha value is -4.40. The van der Waals surface area contributed by atoms with Crippen LogP contribution in [0.5, 0.6) is 5.75 Å². The number of aryl methyl sites for hydroxylation is 1. The summed E-state index contributed by atoms with van der Waals surface area (Å²) in [7, 11) is 3.22. The zero-order valence-electron chi connectivity index (χ0n) is 21.8. The van der Waals surface area contributed by atoms with Crippen molar-refractivity contribution in [2.75, 3.05) is 20.7 Å². The van der Waals surface area contributed by atoms with Gasteiger partial charge in [-0.2, -0.15) is 18.3 Å². The number of rotatable bonds is 7. The molecular formula is C25H25F4N9O2. The lowest BCUT2D eigenvalue weighted by Crippen LogP contribution is -2.28. The number of ether oxygens (including phenoxy) is 1. The molecule has 0 saturated heterocycles. The monoisotopic (exact) mass is 559 g/mol. The van der Waals surface area contributed by atoms with Gasteiger partial charge in [-0.25, -0.2) is 19.0 Å². The molecule has 40 heavy (non-hydrogen) atoms. The van der Waals surface area contributed by atoms with Crippen molar-refractivity contribution in [2.24, 2.45) is 0 Å². The Morgan fingerprint density at radius 2 is 2.02 bits per heavy atom. The molecule has 3 aromatic heterocycles. The van der Waals surface area contributed by atoms with E-state index in [0.717, 1.165) is 35.1 Å². The fraction of sp³-hybridized carbons (Fsp3) is 0.360. The highest BCUT2D eigenvalue weighted by Crippen LogP contribution is 2.31. The van der Waals surface area contributed by atoms with Gasteiger partial charge in [-0.3, -0.25) is 9.48 Å². The number of nitrogens with zero attached hydrogens (tertiary/aromatic N) is 8. The van der Waals surface area contributed by atoms with Gasteiger partial charge in [0.05, 0.1) is 35.9 Å². The lowest BCUT2D eigenvalue weighted by Gasteiger charge is -2.23. The number of carbonyl (C=O) groups is 1. The van der Waals surface area contributed by atoms with E-state index < -0.39 is 35.7 Å². The fourth-order valence-corrected chi connectivity index (χ4v) is 4.43. The summed E-state index contributed by atoms with van der Waals surface area (Å²) in [6.45, 7) is 2.52. The predicted octanol–water partition coefficient (Wildman–Crippen LogP) is 2.69. The smallest absolute Gasteiger partial charge is 0.435 e. The zero-order valence-corrected chi connectivity index (χ0v) is 21.8. The molecule has 11 nitrogen and oxygen atoms in total. The fourth-order valence-electron chi connectivity index (χ4n) is 4.43. The summed E-state index contributed by atoms with van der Waals surface area (Å²) in [5.41, 5.74) is 0.449. The van der Waals surface area contributed by atoms with E-state index in [1.54, 1.807) is 19.3 Å². The van der Waals surface area contributed by atoms with Crippen LogP contribution in [0.25, 0.3) is 5.69 Å². The van der Waals surface area contributed by atoms with Gasteiger partial charge < -0.3 is 15.0 Å². The van der Waals surface area contributed by atoms with Crippen molar-refractivity contribution in [3.63, 3.8) is 0 Å². The number of alkyl halides is 3. The molecule has 210 valence electrons. The van der Waals surface area contributed by atoms with Crippen LogP contribution in [0.1, 0.15) is 44.4 Å². The first-order valence-corrected chi connectivity index (χ1v) is 12.2. The number of benzene rings is 1. The third-order valence-electron chi connectivity index (χ3n) is 6.45. The first kappa shape index (κ1) is 27.2. The van der Waals surface area contributed by atoms with E-state index in [1.165, 1.54) is 23.9 Å². The van der Waals surface area contributed by atoms with E-state index in [4.69, 9.17) is 4.74 Å². The average molecular weight is 560 g/mol. The number of methoxy groups -OCH3 is 1. The minimum Gasteiger partial charge on any atom is -0.494 e. The van der Waals surface area contributed by atoms with Crippen molar-refractivity contribution in [3.05, 3.63) is 76.1 Å². The maximum atomic E-state index is 15.2. The molecule has 0 bridgehead atoms. The quantitative estimate of drug-likeness (QED) is 0.344. The Bertz CT molecular complexity index is 1560. The number of aromatic nitrogens is 7. The van der Waals surface area contributed by atoms with E-state index in [2.05, 4.69) is 35.6 Å². The van der Waals surface area contributed by atoms with E-state index >= 15 is 4.39 Å². The van der Waals surface area contributed by atoms with Gasteiger partial charge in [0.15, 0.2) is 17.3 Å². The largest absolute Gasteiger partial charge is 0.494 e. The Morgan fingerprint density at radius 3 is 2.73 bits per heavy atom. The second kappa shape index (κ2) is 10.6. The number of hydrogen-bond donors (Lipinski definition) is 1. The topological polar surface area (TPSA) is 116 Å². The Labute approximate surface area is 225 Å². The van der Waals surface area contributed by atoms with Crippen LogP contribution in [0.15, 0.2) is 30.7 Å². The number of halogens is 4. The van der Waals surface area contributed by atoms with E-state index in [9.17, 15) is 18.0 Å². The van der Waals surface area contributed by atoms with Crippen LogP contribution in [-0.2, 0) is 32.2 Å². The van der Waals surface area contributed by atoms with Crippen LogP contribution in [0, 0.1) is 12.7 Å². The summed E-state index contributed by atoms with van der Waals surface area (Å²) in [5, 5.41) is 13.8. The van der Waals surface area contributed by atoms with Gasteiger partial charge in [0.1, 0.15) is 12.4 Å². The van der Waals surface area contributed by atoms with Crippen LogP contribution >= 0.6 is 0 Å². The minimum absolute atomic E-state index is 0.0500. The van der Waals surface area contributed by atoms with Crippen molar-refractivity contribution in [2.45, 2.75) is 39.2 Å². The highest BCUT2D eigenvalue weighted by atomic mass is 19.4. The molecule has 5 rings (SSSR count). The molecule has 4 aromatic rings.